The molecule has 0 spiro atoms. The Morgan fingerprint density at radius 2 is 1.54 bits per heavy atom. The molecule has 0 aromatic heterocycles. The summed E-state index contributed by atoms with van der Waals surface area (Å²) >= 11 is 0. The Bertz CT molecular complexity index is 970. The van der Waals surface area contributed by atoms with E-state index in [1.54, 1.807) is 48.5 Å². The van der Waals surface area contributed by atoms with Crippen molar-refractivity contribution >= 4 is 23.2 Å². The number of hydrogen-bond donors (Lipinski definition) is 2. The third kappa shape index (κ3) is 4.73. The second kappa shape index (κ2) is 8.81. The highest BCUT2D eigenvalue weighted by Gasteiger charge is 2.14. The van der Waals surface area contributed by atoms with Gasteiger partial charge in [0.2, 0.25) is 0 Å². The summed E-state index contributed by atoms with van der Waals surface area (Å²) in [5.74, 6) is -0.500. The van der Waals surface area contributed by atoms with Gasteiger partial charge in [0.05, 0.1) is 17.9 Å². The number of carbonyl (C=O) groups is 2. The van der Waals surface area contributed by atoms with Crippen LogP contribution in [0.2, 0.25) is 0 Å². The first kappa shape index (κ1) is 19.1. The van der Waals surface area contributed by atoms with Crippen LogP contribution in [0.3, 0.4) is 0 Å². The molecule has 0 heterocycles. The summed E-state index contributed by atoms with van der Waals surface area (Å²) in [6.07, 6.45) is 0. The smallest absolute Gasteiger partial charge is 0.257 e. The van der Waals surface area contributed by atoms with Gasteiger partial charge < -0.3 is 15.4 Å². The van der Waals surface area contributed by atoms with Crippen molar-refractivity contribution in [2.24, 2.45) is 0 Å². The first-order chi connectivity index (χ1) is 13.6. The molecule has 0 unspecified atom stereocenters. The molecule has 0 radical (unpaired) electrons. The number of carbonyl (C=O) groups excluding carboxylic acids is 2. The summed E-state index contributed by atoms with van der Waals surface area (Å²) in [7, 11) is 0. The maximum atomic E-state index is 13.0. The zero-order chi connectivity index (χ0) is 19.9. The number of amides is 2. The molecule has 0 saturated heterocycles. The molecule has 28 heavy (non-hydrogen) atoms. The number of hydrogen-bond acceptors (Lipinski definition) is 3. The zero-order valence-electron chi connectivity index (χ0n) is 15.2. The van der Waals surface area contributed by atoms with E-state index in [1.165, 1.54) is 24.3 Å². The summed E-state index contributed by atoms with van der Waals surface area (Å²) in [6.45, 7) is 2.46. The standard InChI is InChI=1S/C22H19FN2O3/c1-2-28-18-13-11-17(12-14-18)24-22(27)19-5-3-4-6-20(19)25-21(26)15-7-9-16(23)10-8-15/h3-14H,2H2,1H3,(H,24,27)(H,25,26). The Morgan fingerprint density at radius 3 is 2.21 bits per heavy atom. The molecule has 142 valence electrons. The summed E-state index contributed by atoms with van der Waals surface area (Å²) in [5, 5.41) is 5.49. The van der Waals surface area contributed by atoms with Crippen LogP contribution in [0.1, 0.15) is 27.6 Å². The SMILES string of the molecule is CCOc1ccc(NC(=O)c2ccccc2NC(=O)c2ccc(F)cc2)cc1. The fraction of sp³-hybridized carbons (Fsp3) is 0.0909. The van der Waals surface area contributed by atoms with Gasteiger partial charge in [-0.05, 0) is 67.6 Å². The first-order valence-electron chi connectivity index (χ1n) is 8.77. The van der Waals surface area contributed by atoms with Gasteiger partial charge in [0, 0.05) is 11.3 Å². The molecule has 0 fully saturated rings. The number of nitrogens with one attached hydrogen (secondary N) is 2. The molecule has 3 aromatic rings. The lowest BCUT2D eigenvalue weighted by molar-refractivity contribution is 0.102. The highest BCUT2D eigenvalue weighted by molar-refractivity contribution is 6.12. The second-order valence-electron chi connectivity index (χ2n) is 5.92. The molecule has 0 atom stereocenters. The average molecular weight is 378 g/mol. The Balaban J connectivity index is 1.74. The van der Waals surface area contributed by atoms with E-state index in [2.05, 4.69) is 10.6 Å². The van der Waals surface area contributed by atoms with Gasteiger partial charge in [-0.1, -0.05) is 12.1 Å². The highest BCUT2D eigenvalue weighted by Crippen LogP contribution is 2.20. The molecule has 2 amide bonds. The molecule has 6 heteroatoms. The number of para-hydroxylation sites is 1. The minimum Gasteiger partial charge on any atom is -0.494 e. The molecular weight excluding hydrogens is 359 g/mol. The number of rotatable bonds is 6. The molecule has 0 saturated carbocycles. The summed E-state index contributed by atoms with van der Waals surface area (Å²) < 4.78 is 18.4. The quantitative estimate of drug-likeness (QED) is 0.652. The van der Waals surface area contributed by atoms with Crippen molar-refractivity contribution in [1.29, 1.82) is 0 Å². The summed E-state index contributed by atoms with van der Waals surface area (Å²) in [5.41, 5.74) is 1.57. The van der Waals surface area contributed by atoms with Gasteiger partial charge in [-0.3, -0.25) is 9.59 Å². The third-order valence-corrected chi connectivity index (χ3v) is 3.95. The molecular formula is C22H19FN2O3. The molecule has 3 rings (SSSR count). The van der Waals surface area contributed by atoms with Crippen LogP contribution in [0, 0.1) is 5.82 Å². The maximum Gasteiger partial charge on any atom is 0.257 e. The van der Waals surface area contributed by atoms with Crippen LogP contribution in [-0.4, -0.2) is 18.4 Å². The number of benzene rings is 3. The van der Waals surface area contributed by atoms with Crippen molar-refractivity contribution in [1.82, 2.24) is 0 Å². The molecule has 0 aliphatic heterocycles. The van der Waals surface area contributed by atoms with Crippen molar-refractivity contribution in [3.05, 3.63) is 89.7 Å². The van der Waals surface area contributed by atoms with Gasteiger partial charge in [0.1, 0.15) is 11.6 Å². The van der Waals surface area contributed by atoms with Gasteiger partial charge in [-0.25, -0.2) is 4.39 Å². The third-order valence-electron chi connectivity index (χ3n) is 3.95. The van der Waals surface area contributed by atoms with E-state index in [0.29, 0.717) is 34.9 Å². The van der Waals surface area contributed by atoms with E-state index in [9.17, 15) is 14.0 Å². The van der Waals surface area contributed by atoms with Crippen molar-refractivity contribution in [2.75, 3.05) is 17.2 Å². The van der Waals surface area contributed by atoms with E-state index in [-0.39, 0.29) is 5.91 Å². The topological polar surface area (TPSA) is 67.4 Å². The monoisotopic (exact) mass is 378 g/mol. The van der Waals surface area contributed by atoms with Crippen molar-refractivity contribution in [2.45, 2.75) is 6.92 Å². The largest absolute Gasteiger partial charge is 0.494 e. The Hall–Kier alpha value is -3.67. The Kier molecular flexibility index (Phi) is 6.01. The molecule has 5 nitrogen and oxygen atoms in total. The van der Waals surface area contributed by atoms with Crippen LogP contribution in [0.5, 0.6) is 5.75 Å². The lowest BCUT2D eigenvalue weighted by Gasteiger charge is -2.12. The van der Waals surface area contributed by atoms with Crippen LogP contribution in [-0.2, 0) is 0 Å². The molecule has 0 bridgehead atoms. The van der Waals surface area contributed by atoms with Crippen molar-refractivity contribution < 1.29 is 18.7 Å². The van der Waals surface area contributed by atoms with Crippen LogP contribution < -0.4 is 15.4 Å². The lowest BCUT2D eigenvalue weighted by Crippen LogP contribution is -2.18. The van der Waals surface area contributed by atoms with Gasteiger partial charge in [0.25, 0.3) is 11.8 Å². The minimum absolute atomic E-state index is 0.295. The molecule has 2 N–H and O–H groups in total. The van der Waals surface area contributed by atoms with Crippen LogP contribution in [0.15, 0.2) is 72.8 Å². The lowest BCUT2D eigenvalue weighted by atomic mass is 10.1. The van der Waals surface area contributed by atoms with Crippen LogP contribution in [0.4, 0.5) is 15.8 Å². The summed E-state index contributed by atoms with van der Waals surface area (Å²) in [6, 6.07) is 18.9. The van der Waals surface area contributed by atoms with E-state index in [0.717, 1.165) is 0 Å². The average Bonchev–Trinajstić information content (AvgIpc) is 2.70. The Labute approximate surface area is 162 Å². The number of halogens is 1. The van der Waals surface area contributed by atoms with E-state index >= 15 is 0 Å². The van der Waals surface area contributed by atoms with E-state index in [1.807, 2.05) is 6.92 Å². The first-order valence-corrected chi connectivity index (χ1v) is 8.77. The zero-order valence-corrected chi connectivity index (χ0v) is 15.2. The van der Waals surface area contributed by atoms with E-state index in [4.69, 9.17) is 4.74 Å². The summed E-state index contributed by atoms with van der Waals surface area (Å²) in [4.78, 5) is 25.0. The second-order valence-corrected chi connectivity index (χ2v) is 5.92. The van der Waals surface area contributed by atoms with Gasteiger partial charge in [-0.2, -0.15) is 0 Å². The van der Waals surface area contributed by atoms with Gasteiger partial charge >= 0.3 is 0 Å². The fourth-order valence-electron chi connectivity index (χ4n) is 2.59. The van der Waals surface area contributed by atoms with Crippen molar-refractivity contribution in [3.8, 4) is 5.75 Å². The van der Waals surface area contributed by atoms with Crippen molar-refractivity contribution in [3.63, 3.8) is 0 Å². The van der Waals surface area contributed by atoms with Crippen LogP contribution >= 0.6 is 0 Å². The highest BCUT2D eigenvalue weighted by atomic mass is 19.1. The minimum atomic E-state index is -0.429. The van der Waals surface area contributed by atoms with Crippen LogP contribution in [0.25, 0.3) is 0 Å². The molecule has 3 aromatic carbocycles. The predicted molar refractivity (Wildman–Crippen MR) is 106 cm³/mol. The molecule has 0 aliphatic rings. The molecule has 0 aliphatic carbocycles. The predicted octanol–water partition coefficient (Wildman–Crippen LogP) is 4.73. The maximum absolute atomic E-state index is 13.0. The Morgan fingerprint density at radius 1 is 0.857 bits per heavy atom. The van der Waals surface area contributed by atoms with E-state index < -0.39 is 11.7 Å². The number of ether oxygens (including phenoxy) is 1. The number of anilines is 2. The normalized spacial score (nSPS) is 10.2. The van der Waals surface area contributed by atoms with Gasteiger partial charge in [-0.15, -0.1) is 0 Å². The van der Waals surface area contributed by atoms with Gasteiger partial charge in [0.15, 0.2) is 0 Å². The fourth-order valence-corrected chi connectivity index (χ4v) is 2.59.